The largest absolute Gasteiger partial charge is 0.329 e. The van der Waals surface area contributed by atoms with Crippen LogP contribution < -0.4 is 5.73 Å². The van der Waals surface area contributed by atoms with E-state index in [0.29, 0.717) is 12.6 Å². The molecule has 102 valence electrons. The predicted octanol–water partition coefficient (Wildman–Crippen LogP) is 3.43. The highest BCUT2D eigenvalue weighted by molar-refractivity contribution is 5.33. The monoisotopic (exact) mass is 248 g/mol. The van der Waals surface area contributed by atoms with Crippen LogP contribution in [0, 0.1) is 13.8 Å². The van der Waals surface area contributed by atoms with Crippen molar-refractivity contribution in [1.82, 2.24) is 4.90 Å². The highest BCUT2D eigenvalue weighted by Gasteiger charge is 2.19. The molecule has 0 aliphatic heterocycles. The van der Waals surface area contributed by atoms with Gasteiger partial charge in [0.1, 0.15) is 0 Å². The first-order valence-electron chi connectivity index (χ1n) is 7.15. The molecule has 1 atom stereocenters. The van der Waals surface area contributed by atoms with Crippen molar-refractivity contribution in [2.45, 2.75) is 46.6 Å². The molecule has 0 aliphatic rings. The second-order valence-corrected chi connectivity index (χ2v) is 5.15. The van der Waals surface area contributed by atoms with Crippen LogP contribution in [0.5, 0.6) is 0 Å². The Kier molecular flexibility index (Phi) is 6.37. The Hall–Kier alpha value is -0.860. The van der Waals surface area contributed by atoms with E-state index in [1.807, 2.05) is 0 Å². The number of rotatable bonds is 7. The lowest BCUT2D eigenvalue weighted by atomic mass is 9.97. The Morgan fingerprint density at radius 1 is 1.11 bits per heavy atom. The molecule has 1 aromatic rings. The molecule has 0 saturated heterocycles. The Bertz CT molecular complexity index is 354. The summed E-state index contributed by atoms with van der Waals surface area (Å²) in [7, 11) is 0. The summed E-state index contributed by atoms with van der Waals surface area (Å²) in [6.07, 6.45) is 2.36. The van der Waals surface area contributed by atoms with Gasteiger partial charge >= 0.3 is 0 Å². The molecule has 0 heterocycles. The van der Waals surface area contributed by atoms with Gasteiger partial charge in [0.2, 0.25) is 0 Å². The molecule has 0 fully saturated rings. The van der Waals surface area contributed by atoms with Crippen molar-refractivity contribution in [1.29, 1.82) is 0 Å². The van der Waals surface area contributed by atoms with E-state index in [9.17, 15) is 0 Å². The quantitative estimate of drug-likeness (QED) is 0.801. The smallest absolute Gasteiger partial charge is 0.0473 e. The lowest BCUT2D eigenvalue weighted by Crippen LogP contribution is -2.35. The fraction of sp³-hybridized carbons (Fsp3) is 0.625. The molecule has 2 N–H and O–H groups in total. The molecule has 0 aromatic heterocycles. The molecule has 0 spiro atoms. The molecule has 1 aromatic carbocycles. The van der Waals surface area contributed by atoms with Crippen LogP contribution in [0.4, 0.5) is 0 Å². The molecule has 0 radical (unpaired) electrons. The summed E-state index contributed by atoms with van der Waals surface area (Å²) in [6, 6.07) is 7.05. The zero-order valence-corrected chi connectivity index (χ0v) is 12.4. The normalized spacial score (nSPS) is 13.0. The van der Waals surface area contributed by atoms with Gasteiger partial charge in [0.25, 0.3) is 0 Å². The van der Waals surface area contributed by atoms with E-state index >= 15 is 0 Å². The number of nitrogens with two attached hydrogens (primary N) is 1. The topological polar surface area (TPSA) is 29.3 Å². The average molecular weight is 248 g/mol. The zero-order chi connectivity index (χ0) is 13.5. The van der Waals surface area contributed by atoms with E-state index in [-0.39, 0.29) is 0 Å². The van der Waals surface area contributed by atoms with Crippen LogP contribution >= 0.6 is 0 Å². The third kappa shape index (κ3) is 3.82. The SMILES string of the molecule is CCCN(CCC)C(CN)c1cc(C)ccc1C. The maximum absolute atomic E-state index is 6.04. The highest BCUT2D eigenvalue weighted by Crippen LogP contribution is 2.24. The fourth-order valence-corrected chi connectivity index (χ4v) is 2.59. The van der Waals surface area contributed by atoms with E-state index in [2.05, 4.69) is 50.8 Å². The Balaban J connectivity index is 3.01. The molecule has 0 amide bonds. The number of benzene rings is 1. The van der Waals surface area contributed by atoms with Gasteiger partial charge in [-0.15, -0.1) is 0 Å². The minimum atomic E-state index is 0.366. The van der Waals surface area contributed by atoms with E-state index < -0.39 is 0 Å². The number of nitrogens with zero attached hydrogens (tertiary/aromatic N) is 1. The van der Waals surface area contributed by atoms with Gasteiger partial charge in [-0.05, 0) is 50.9 Å². The van der Waals surface area contributed by atoms with Crippen LogP contribution in [0.3, 0.4) is 0 Å². The molecule has 0 aliphatic carbocycles. The summed E-state index contributed by atoms with van der Waals surface area (Å²) < 4.78 is 0. The standard InChI is InChI=1S/C16H28N2/c1-5-9-18(10-6-2)16(12-17)15-11-13(3)7-8-14(15)4/h7-8,11,16H,5-6,9-10,12,17H2,1-4H3. The Morgan fingerprint density at radius 3 is 2.22 bits per heavy atom. The van der Waals surface area contributed by atoms with E-state index in [4.69, 9.17) is 5.73 Å². The maximum atomic E-state index is 6.04. The Labute approximate surface area is 112 Å². The third-order valence-electron chi connectivity index (χ3n) is 3.48. The van der Waals surface area contributed by atoms with Crippen LogP contribution in [0.2, 0.25) is 0 Å². The molecule has 2 nitrogen and oxygen atoms in total. The maximum Gasteiger partial charge on any atom is 0.0473 e. The molecular formula is C16H28N2. The van der Waals surface area contributed by atoms with Crippen LogP contribution in [-0.2, 0) is 0 Å². The van der Waals surface area contributed by atoms with E-state index in [1.165, 1.54) is 29.5 Å². The lowest BCUT2D eigenvalue weighted by Gasteiger charge is -2.32. The minimum Gasteiger partial charge on any atom is -0.329 e. The number of hydrogen-bond donors (Lipinski definition) is 1. The van der Waals surface area contributed by atoms with Gasteiger partial charge in [-0.25, -0.2) is 0 Å². The van der Waals surface area contributed by atoms with Gasteiger partial charge in [0.15, 0.2) is 0 Å². The van der Waals surface area contributed by atoms with Gasteiger partial charge in [-0.2, -0.15) is 0 Å². The van der Waals surface area contributed by atoms with Crippen molar-refractivity contribution in [3.63, 3.8) is 0 Å². The molecular weight excluding hydrogens is 220 g/mol. The van der Waals surface area contributed by atoms with Crippen molar-refractivity contribution in [3.8, 4) is 0 Å². The molecule has 2 heteroatoms. The average Bonchev–Trinajstić information content (AvgIpc) is 2.35. The molecule has 1 rings (SSSR count). The summed E-state index contributed by atoms with van der Waals surface area (Å²) in [5.74, 6) is 0. The van der Waals surface area contributed by atoms with Gasteiger partial charge in [0, 0.05) is 12.6 Å². The van der Waals surface area contributed by atoms with Gasteiger partial charge in [-0.1, -0.05) is 37.6 Å². The van der Waals surface area contributed by atoms with Crippen molar-refractivity contribution < 1.29 is 0 Å². The second kappa shape index (κ2) is 7.55. The fourth-order valence-electron chi connectivity index (χ4n) is 2.59. The van der Waals surface area contributed by atoms with Gasteiger partial charge < -0.3 is 5.73 Å². The first-order valence-corrected chi connectivity index (χ1v) is 7.15. The van der Waals surface area contributed by atoms with Crippen LogP contribution in [-0.4, -0.2) is 24.5 Å². The third-order valence-corrected chi connectivity index (χ3v) is 3.48. The van der Waals surface area contributed by atoms with Crippen LogP contribution in [0.15, 0.2) is 18.2 Å². The highest BCUT2D eigenvalue weighted by atomic mass is 15.2. The van der Waals surface area contributed by atoms with Crippen molar-refractivity contribution in [2.24, 2.45) is 5.73 Å². The first kappa shape index (κ1) is 15.2. The van der Waals surface area contributed by atoms with Gasteiger partial charge in [-0.3, -0.25) is 4.90 Å². The second-order valence-electron chi connectivity index (χ2n) is 5.15. The van der Waals surface area contributed by atoms with E-state index in [0.717, 1.165) is 13.1 Å². The molecule has 18 heavy (non-hydrogen) atoms. The number of hydrogen-bond acceptors (Lipinski definition) is 2. The lowest BCUT2D eigenvalue weighted by molar-refractivity contribution is 0.201. The van der Waals surface area contributed by atoms with E-state index in [1.54, 1.807) is 0 Å². The van der Waals surface area contributed by atoms with Crippen LogP contribution in [0.25, 0.3) is 0 Å². The van der Waals surface area contributed by atoms with Gasteiger partial charge in [0.05, 0.1) is 0 Å². The summed E-state index contributed by atoms with van der Waals surface area (Å²) >= 11 is 0. The number of aryl methyl sites for hydroxylation is 2. The first-order chi connectivity index (χ1) is 8.63. The summed E-state index contributed by atoms with van der Waals surface area (Å²) in [4.78, 5) is 2.53. The Morgan fingerprint density at radius 2 is 1.72 bits per heavy atom. The summed E-state index contributed by atoms with van der Waals surface area (Å²) in [6.45, 7) is 11.8. The summed E-state index contributed by atoms with van der Waals surface area (Å²) in [5, 5.41) is 0. The molecule has 0 saturated carbocycles. The predicted molar refractivity (Wildman–Crippen MR) is 79.9 cm³/mol. The van der Waals surface area contributed by atoms with Crippen LogP contribution in [0.1, 0.15) is 49.4 Å². The van der Waals surface area contributed by atoms with Crippen molar-refractivity contribution in [3.05, 3.63) is 34.9 Å². The van der Waals surface area contributed by atoms with Crippen molar-refractivity contribution in [2.75, 3.05) is 19.6 Å². The minimum absolute atomic E-state index is 0.366. The zero-order valence-electron chi connectivity index (χ0n) is 12.4. The van der Waals surface area contributed by atoms with Crippen molar-refractivity contribution >= 4 is 0 Å². The summed E-state index contributed by atoms with van der Waals surface area (Å²) in [5.41, 5.74) is 10.1. The molecule has 0 bridgehead atoms. The molecule has 1 unspecified atom stereocenters.